The first-order valence-electron chi connectivity index (χ1n) is 10.9. The van der Waals surface area contributed by atoms with Gasteiger partial charge < -0.3 is 0 Å². The molecule has 0 amide bonds. The van der Waals surface area contributed by atoms with E-state index in [-0.39, 0.29) is 11.7 Å². The summed E-state index contributed by atoms with van der Waals surface area (Å²) < 4.78 is 28.4. The average Bonchev–Trinajstić information content (AvgIpc) is 3.15. The van der Waals surface area contributed by atoms with Gasteiger partial charge in [0.25, 0.3) is 5.56 Å². The van der Waals surface area contributed by atoms with Crippen molar-refractivity contribution in [1.82, 2.24) is 9.55 Å². The van der Waals surface area contributed by atoms with E-state index in [1.807, 2.05) is 34.6 Å². The Hall–Kier alpha value is -2.78. The highest BCUT2D eigenvalue weighted by Crippen LogP contribution is 2.35. The predicted molar refractivity (Wildman–Crippen MR) is 134 cm³/mol. The fraction of sp³-hybridized carbons (Fsp3) is 0.320. The summed E-state index contributed by atoms with van der Waals surface area (Å²) in [7, 11) is 0. The fourth-order valence-corrected chi connectivity index (χ4v) is 5.55. The summed E-state index contributed by atoms with van der Waals surface area (Å²) in [4.78, 5) is 33.7. The molecule has 1 aromatic carbocycles. The number of hydrogen-bond acceptors (Lipinski definition) is 6. The maximum Gasteiger partial charge on any atom is 0.368 e. The lowest BCUT2D eigenvalue weighted by molar-refractivity contribution is -0.184. The summed E-state index contributed by atoms with van der Waals surface area (Å²) in [5, 5.41) is 0. The van der Waals surface area contributed by atoms with Crippen LogP contribution in [-0.2, 0) is 16.3 Å². The van der Waals surface area contributed by atoms with Crippen LogP contribution in [-0.4, -0.2) is 15.5 Å². The number of nitrogens with zero attached hydrogens (tertiary/aromatic N) is 2. The van der Waals surface area contributed by atoms with Crippen molar-refractivity contribution < 1.29 is 18.7 Å². The first-order valence-corrected chi connectivity index (χ1v) is 12.6. The first kappa shape index (κ1) is 27.5. The van der Waals surface area contributed by atoms with Gasteiger partial charge in [-0.15, -0.1) is 11.3 Å². The minimum atomic E-state index is -1.17. The molecule has 0 saturated carbocycles. The maximum atomic E-state index is 13.9. The molecule has 0 radical (unpaired) electrons. The van der Waals surface area contributed by atoms with Crippen molar-refractivity contribution in [1.29, 1.82) is 0 Å². The van der Waals surface area contributed by atoms with Crippen molar-refractivity contribution in [3.05, 3.63) is 79.2 Å². The molecule has 5 nitrogen and oxygen atoms in total. The molecular weight excluding hydrogens is 478 g/mol. The molecule has 2 heterocycles. The van der Waals surface area contributed by atoms with Crippen LogP contribution < -0.4 is 14.8 Å². The minimum absolute atomic E-state index is 0.00405. The normalized spacial score (nSPS) is 13.1. The number of hydrogen-bond donors (Lipinski definition) is 0. The van der Waals surface area contributed by atoms with Gasteiger partial charge in [0.1, 0.15) is 16.9 Å². The molecule has 9 heteroatoms. The Bertz CT molecular complexity index is 1290. The van der Waals surface area contributed by atoms with Gasteiger partial charge in [0.15, 0.2) is 0 Å². The SMILES string of the molecule is CC.CCC(C)/C(Sc1cc(F)ccc1C)=c1\s/c(=C\c2ccncc2)n(CC(=O)OF)c1=O. The van der Waals surface area contributed by atoms with Crippen molar-refractivity contribution in [2.45, 2.75) is 52.5 Å². The molecule has 3 rings (SSSR count). The van der Waals surface area contributed by atoms with Crippen LogP contribution in [0.15, 0.2) is 52.4 Å². The zero-order valence-electron chi connectivity index (χ0n) is 19.8. The third kappa shape index (κ3) is 6.87. The number of thioether (sulfide) groups is 1. The van der Waals surface area contributed by atoms with E-state index in [9.17, 15) is 18.5 Å². The number of aryl methyl sites for hydroxylation is 1. The maximum absolute atomic E-state index is 13.9. The largest absolute Gasteiger partial charge is 0.368 e. The number of rotatable bonds is 7. The van der Waals surface area contributed by atoms with E-state index in [2.05, 4.69) is 9.93 Å². The third-order valence-corrected chi connectivity index (χ3v) is 7.70. The highest BCUT2D eigenvalue weighted by Gasteiger charge is 2.18. The van der Waals surface area contributed by atoms with Crippen molar-refractivity contribution in [2.75, 3.05) is 0 Å². The van der Waals surface area contributed by atoms with Crippen molar-refractivity contribution in [2.24, 2.45) is 5.92 Å². The second-order valence-electron chi connectivity index (χ2n) is 7.22. The standard InChI is InChI=1S/C23H22F2N2O3S2.C2H6/c1-4-14(2)21(31-18-12-17(24)6-5-15(18)3)22-23(29)27(13-20(28)30-25)19(32-22)11-16-7-9-26-10-8-16;1-2/h5-12,14H,4,13H2,1-3H3;1-2H3/b19-11-,22-21+;. The number of halogens is 2. The van der Waals surface area contributed by atoms with Gasteiger partial charge in [0, 0.05) is 26.7 Å². The molecule has 0 aliphatic heterocycles. The minimum Gasteiger partial charge on any atom is -0.287 e. The second-order valence-corrected chi connectivity index (χ2v) is 9.33. The quantitative estimate of drug-likeness (QED) is 0.423. The van der Waals surface area contributed by atoms with E-state index in [0.717, 1.165) is 22.5 Å². The van der Waals surface area contributed by atoms with Crippen molar-refractivity contribution >= 4 is 40.0 Å². The lowest BCUT2D eigenvalue weighted by Gasteiger charge is -2.14. The Morgan fingerprint density at radius 2 is 1.94 bits per heavy atom. The second kappa shape index (κ2) is 13.2. The van der Waals surface area contributed by atoms with Crippen LogP contribution in [0.4, 0.5) is 8.92 Å². The lowest BCUT2D eigenvalue weighted by Crippen LogP contribution is -2.35. The van der Waals surface area contributed by atoms with Gasteiger partial charge >= 0.3 is 5.97 Å². The molecule has 34 heavy (non-hydrogen) atoms. The summed E-state index contributed by atoms with van der Waals surface area (Å²) in [6.07, 6.45) is 5.70. The van der Waals surface area contributed by atoms with Gasteiger partial charge in [-0.05, 0) is 60.7 Å². The Morgan fingerprint density at radius 3 is 2.56 bits per heavy atom. The molecular formula is C25H28F2N2O3S2. The van der Waals surface area contributed by atoms with Gasteiger partial charge in [-0.3, -0.25) is 19.3 Å². The molecule has 2 aromatic heterocycles. The molecule has 0 bridgehead atoms. The van der Waals surface area contributed by atoms with E-state index < -0.39 is 18.1 Å². The molecule has 3 aromatic rings. The van der Waals surface area contributed by atoms with E-state index in [1.165, 1.54) is 39.8 Å². The van der Waals surface area contributed by atoms with Crippen LogP contribution in [0.2, 0.25) is 0 Å². The number of carbonyl (C=O) groups excluding carboxylic acids is 1. The monoisotopic (exact) mass is 506 g/mol. The van der Waals surface area contributed by atoms with Crippen molar-refractivity contribution in [3.63, 3.8) is 0 Å². The van der Waals surface area contributed by atoms with Gasteiger partial charge in [-0.2, -0.15) is 0 Å². The van der Waals surface area contributed by atoms with Crippen LogP contribution in [0.3, 0.4) is 0 Å². The number of benzene rings is 1. The summed E-state index contributed by atoms with van der Waals surface area (Å²) in [6, 6.07) is 8.04. The van der Waals surface area contributed by atoms with Crippen LogP contribution in [0.25, 0.3) is 11.0 Å². The average molecular weight is 507 g/mol. The van der Waals surface area contributed by atoms with Crippen LogP contribution >= 0.6 is 23.1 Å². The summed E-state index contributed by atoms with van der Waals surface area (Å²) >= 11 is 2.55. The van der Waals surface area contributed by atoms with Crippen LogP contribution in [0, 0.1) is 18.7 Å². The zero-order chi connectivity index (χ0) is 25.3. The topological polar surface area (TPSA) is 61.2 Å². The number of aromatic nitrogens is 2. The fourth-order valence-electron chi connectivity index (χ4n) is 2.95. The van der Waals surface area contributed by atoms with E-state index in [0.29, 0.717) is 14.1 Å². The highest BCUT2D eigenvalue weighted by atomic mass is 32.2. The molecule has 0 fully saturated rings. The smallest absolute Gasteiger partial charge is 0.287 e. The molecule has 0 N–H and O–H groups in total. The zero-order valence-corrected chi connectivity index (χ0v) is 21.4. The Balaban J connectivity index is 0.00000199. The molecule has 182 valence electrons. The molecule has 1 unspecified atom stereocenters. The number of thiazole rings is 1. The highest BCUT2D eigenvalue weighted by molar-refractivity contribution is 8.08. The first-order chi connectivity index (χ1) is 16.3. The molecule has 0 saturated heterocycles. The third-order valence-electron chi connectivity index (χ3n) is 4.94. The van der Waals surface area contributed by atoms with Gasteiger partial charge in [0.05, 0.1) is 4.66 Å². The van der Waals surface area contributed by atoms with E-state index in [1.54, 1.807) is 36.7 Å². The summed E-state index contributed by atoms with van der Waals surface area (Å²) in [5.74, 6) is -1.52. The Labute approximate surface area is 205 Å². The van der Waals surface area contributed by atoms with E-state index >= 15 is 0 Å². The molecule has 1 atom stereocenters. The summed E-state index contributed by atoms with van der Waals surface area (Å²) in [6.45, 7) is 9.31. The molecule has 0 aliphatic carbocycles. The van der Waals surface area contributed by atoms with Gasteiger partial charge in [0.2, 0.25) is 0 Å². The molecule has 0 aliphatic rings. The molecule has 0 spiro atoms. The van der Waals surface area contributed by atoms with Crippen LogP contribution in [0.1, 0.15) is 45.2 Å². The van der Waals surface area contributed by atoms with Gasteiger partial charge in [-0.25, -0.2) is 9.18 Å². The summed E-state index contributed by atoms with van der Waals surface area (Å²) in [5.41, 5.74) is 1.24. The van der Waals surface area contributed by atoms with Gasteiger partial charge in [-0.1, -0.05) is 45.5 Å². The van der Waals surface area contributed by atoms with Crippen LogP contribution in [0.5, 0.6) is 0 Å². The number of carbonyl (C=O) groups is 1. The Kier molecular flexibility index (Phi) is 10.7. The predicted octanol–water partition coefficient (Wildman–Crippen LogP) is 4.98. The lowest BCUT2D eigenvalue weighted by atomic mass is 10.1. The number of pyridine rings is 1. The van der Waals surface area contributed by atoms with Crippen molar-refractivity contribution in [3.8, 4) is 0 Å². The Morgan fingerprint density at radius 1 is 1.26 bits per heavy atom. The van der Waals surface area contributed by atoms with E-state index in [4.69, 9.17) is 0 Å².